The van der Waals surface area contributed by atoms with E-state index in [1.165, 1.54) is 43.2 Å². The fourth-order valence-electron chi connectivity index (χ4n) is 3.67. The summed E-state index contributed by atoms with van der Waals surface area (Å²) in [6, 6.07) is 7.19. The highest BCUT2D eigenvalue weighted by molar-refractivity contribution is 5.38. The molecule has 0 radical (unpaired) electrons. The van der Waals surface area contributed by atoms with E-state index in [9.17, 15) is 0 Å². The lowest BCUT2D eigenvalue weighted by Gasteiger charge is -2.34. The van der Waals surface area contributed by atoms with E-state index >= 15 is 0 Å². The minimum absolute atomic E-state index is 0.474. The molecule has 0 amide bonds. The molecule has 1 N–H and O–H groups in total. The molecule has 1 aliphatic carbocycles. The summed E-state index contributed by atoms with van der Waals surface area (Å²) in [5.41, 5.74) is 2.61. The summed E-state index contributed by atoms with van der Waals surface area (Å²) in [6.45, 7) is 7.84. The highest BCUT2D eigenvalue weighted by atomic mass is 16.5. The van der Waals surface area contributed by atoms with E-state index in [-0.39, 0.29) is 0 Å². The molecule has 1 saturated carbocycles. The fourth-order valence-corrected chi connectivity index (χ4v) is 3.67. The van der Waals surface area contributed by atoms with Crippen LogP contribution >= 0.6 is 0 Å². The van der Waals surface area contributed by atoms with Crippen molar-refractivity contribution in [1.82, 2.24) is 5.32 Å². The average Bonchev–Trinajstić information content (AvgIpc) is 2.49. The molecular formula is C19H31NO. The minimum atomic E-state index is 0.474. The minimum Gasteiger partial charge on any atom is -0.496 e. The fraction of sp³-hybridized carbons (Fsp3) is 0.684. The number of hydrogen-bond donors (Lipinski definition) is 1. The van der Waals surface area contributed by atoms with Crippen LogP contribution in [0.25, 0.3) is 0 Å². The molecule has 2 heteroatoms. The summed E-state index contributed by atoms with van der Waals surface area (Å²) < 4.78 is 5.52. The first-order valence-electron chi connectivity index (χ1n) is 8.53. The Kier molecular flexibility index (Phi) is 6.10. The number of ether oxygens (including phenoxy) is 1. The van der Waals surface area contributed by atoms with E-state index in [1.54, 1.807) is 7.11 Å². The Labute approximate surface area is 130 Å². The predicted octanol–water partition coefficient (Wildman–Crippen LogP) is 4.87. The smallest absolute Gasteiger partial charge is 0.122 e. The molecule has 1 aromatic rings. The molecule has 3 unspecified atom stereocenters. The molecule has 0 saturated heterocycles. The van der Waals surface area contributed by atoms with Crippen molar-refractivity contribution in [2.24, 2.45) is 11.8 Å². The van der Waals surface area contributed by atoms with Gasteiger partial charge in [0.2, 0.25) is 0 Å². The van der Waals surface area contributed by atoms with E-state index in [4.69, 9.17) is 4.74 Å². The van der Waals surface area contributed by atoms with Crippen LogP contribution in [0.3, 0.4) is 0 Å². The highest BCUT2D eigenvalue weighted by Gasteiger charge is 2.27. The normalized spacial score (nSPS) is 23.8. The van der Waals surface area contributed by atoms with Crippen molar-refractivity contribution < 1.29 is 4.74 Å². The second-order valence-electron chi connectivity index (χ2n) is 6.69. The Morgan fingerprint density at radius 1 is 1.33 bits per heavy atom. The molecule has 0 aliphatic heterocycles. The van der Waals surface area contributed by atoms with E-state index in [1.807, 2.05) is 0 Å². The van der Waals surface area contributed by atoms with Crippen LogP contribution in [-0.4, -0.2) is 13.7 Å². The monoisotopic (exact) mass is 289 g/mol. The third kappa shape index (κ3) is 4.23. The molecule has 0 bridgehead atoms. The molecule has 1 aromatic carbocycles. The van der Waals surface area contributed by atoms with Crippen molar-refractivity contribution in [3.63, 3.8) is 0 Å². The predicted molar refractivity (Wildman–Crippen MR) is 89.9 cm³/mol. The Balaban J connectivity index is 2.22. The zero-order chi connectivity index (χ0) is 15.2. The summed E-state index contributed by atoms with van der Waals surface area (Å²) in [7, 11) is 1.77. The van der Waals surface area contributed by atoms with Crippen LogP contribution in [0.4, 0.5) is 0 Å². The van der Waals surface area contributed by atoms with Gasteiger partial charge in [-0.05, 0) is 61.8 Å². The lowest BCUT2D eigenvalue weighted by atomic mass is 9.76. The van der Waals surface area contributed by atoms with Gasteiger partial charge >= 0.3 is 0 Å². The van der Waals surface area contributed by atoms with Gasteiger partial charge in [0, 0.05) is 6.04 Å². The molecular weight excluding hydrogens is 258 g/mol. The topological polar surface area (TPSA) is 21.3 Å². The molecule has 118 valence electrons. The number of hydrogen-bond acceptors (Lipinski definition) is 2. The van der Waals surface area contributed by atoms with Crippen LogP contribution in [0.15, 0.2) is 18.2 Å². The average molecular weight is 289 g/mol. The van der Waals surface area contributed by atoms with Crippen LogP contribution in [0.1, 0.15) is 63.1 Å². The maximum atomic E-state index is 5.52. The lowest BCUT2D eigenvalue weighted by molar-refractivity contribution is 0.223. The van der Waals surface area contributed by atoms with Gasteiger partial charge in [-0.3, -0.25) is 0 Å². The van der Waals surface area contributed by atoms with Gasteiger partial charge in [-0.1, -0.05) is 38.8 Å². The van der Waals surface area contributed by atoms with Crippen molar-refractivity contribution in [2.75, 3.05) is 13.7 Å². The van der Waals surface area contributed by atoms with Crippen molar-refractivity contribution in [3.8, 4) is 5.75 Å². The van der Waals surface area contributed by atoms with E-state index in [0.717, 1.165) is 24.1 Å². The Morgan fingerprint density at radius 3 is 2.81 bits per heavy atom. The van der Waals surface area contributed by atoms with Gasteiger partial charge in [0.05, 0.1) is 7.11 Å². The zero-order valence-electron chi connectivity index (χ0n) is 14.1. The number of benzene rings is 1. The summed E-state index contributed by atoms with van der Waals surface area (Å²) in [5.74, 6) is 2.63. The molecule has 0 heterocycles. The van der Waals surface area contributed by atoms with Gasteiger partial charge < -0.3 is 10.1 Å². The molecule has 2 nitrogen and oxygen atoms in total. The quantitative estimate of drug-likeness (QED) is 0.806. The number of nitrogens with one attached hydrogen (secondary N) is 1. The maximum Gasteiger partial charge on any atom is 0.122 e. The van der Waals surface area contributed by atoms with Crippen molar-refractivity contribution in [1.29, 1.82) is 0 Å². The first-order chi connectivity index (χ1) is 10.2. The lowest BCUT2D eigenvalue weighted by Crippen LogP contribution is -2.31. The van der Waals surface area contributed by atoms with Gasteiger partial charge in [-0.25, -0.2) is 0 Å². The summed E-state index contributed by atoms with van der Waals surface area (Å²) in [4.78, 5) is 0. The van der Waals surface area contributed by atoms with Crippen LogP contribution in [0.5, 0.6) is 5.75 Å². The van der Waals surface area contributed by atoms with Crippen LogP contribution in [-0.2, 0) is 0 Å². The number of aryl methyl sites for hydroxylation is 1. The second-order valence-corrected chi connectivity index (χ2v) is 6.69. The molecule has 0 spiro atoms. The molecule has 21 heavy (non-hydrogen) atoms. The van der Waals surface area contributed by atoms with Crippen molar-refractivity contribution in [3.05, 3.63) is 29.3 Å². The van der Waals surface area contributed by atoms with Crippen molar-refractivity contribution >= 4 is 0 Å². The number of rotatable bonds is 6. The molecule has 3 atom stereocenters. The van der Waals surface area contributed by atoms with Crippen molar-refractivity contribution in [2.45, 2.75) is 58.9 Å². The molecule has 2 rings (SSSR count). The van der Waals surface area contributed by atoms with Crippen LogP contribution in [0, 0.1) is 18.8 Å². The highest BCUT2D eigenvalue weighted by Crippen LogP contribution is 2.38. The SMILES string of the molecule is CCCNC(c1ccc(C)c(OC)c1)C1CCCC(C)C1. The van der Waals surface area contributed by atoms with Gasteiger partial charge in [-0.2, -0.15) is 0 Å². The van der Waals surface area contributed by atoms with Gasteiger partial charge in [-0.15, -0.1) is 0 Å². The van der Waals surface area contributed by atoms with Gasteiger partial charge in [0.15, 0.2) is 0 Å². The van der Waals surface area contributed by atoms with E-state index in [0.29, 0.717) is 6.04 Å². The Hall–Kier alpha value is -1.02. The Morgan fingerprint density at radius 2 is 2.14 bits per heavy atom. The third-order valence-electron chi connectivity index (χ3n) is 4.85. The molecule has 1 fully saturated rings. The first kappa shape index (κ1) is 16.4. The Bertz CT molecular complexity index is 443. The summed E-state index contributed by atoms with van der Waals surface area (Å²) >= 11 is 0. The van der Waals surface area contributed by atoms with E-state index in [2.05, 4.69) is 44.3 Å². The second kappa shape index (κ2) is 7.84. The van der Waals surface area contributed by atoms with Gasteiger partial charge in [0.1, 0.15) is 5.75 Å². The molecule has 1 aliphatic rings. The largest absolute Gasteiger partial charge is 0.496 e. The first-order valence-corrected chi connectivity index (χ1v) is 8.53. The van der Waals surface area contributed by atoms with E-state index < -0.39 is 0 Å². The standard InChI is InChI=1S/C19H31NO/c1-5-11-20-19(16-8-6-7-14(2)12-16)17-10-9-15(3)18(13-17)21-4/h9-10,13-14,16,19-20H,5-8,11-12H2,1-4H3. The van der Waals surface area contributed by atoms with Gasteiger partial charge in [0.25, 0.3) is 0 Å². The third-order valence-corrected chi connectivity index (χ3v) is 4.85. The number of methoxy groups -OCH3 is 1. The summed E-state index contributed by atoms with van der Waals surface area (Å²) in [5, 5.41) is 3.79. The molecule has 0 aromatic heterocycles. The summed E-state index contributed by atoms with van der Waals surface area (Å²) in [6.07, 6.45) is 6.65. The van der Waals surface area contributed by atoms with Crippen LogP contribution < -0.4 is 10.1 Å². The zero-order valence-corrected chi connectivity index (χ0v) is 14.1. The maximum absolute atomic E-state index is 5.52. The van der Waals surface area contributed by atoms with Crippen LogP contribution in [0.2, 0.25) is 0 Å².